The van der Waals surface area contributed by atoms with Crippen LogP contribution in [0.15, 0.2) is 48.7 Å². The number of halogens is 1. The van der Waals surface area contributed by atoms with Gasteiger partial charge < -0.3 is 14.6 Å². The average Bonchev–Trinajstić information content (AvgIpc) is 2.97. The Balaban J connectivity index is 1.48. The fraction of sp³-hybridized carbons (Fsp3) is 0.364. The molecule has 3 rings (SSSR count). The van der Waals surface area contributed by atoms with Crippen LogP contribution in [0.1, 0.15) is 24.0 Å². The summed E-state index contributed by atoms with van der Waals surface area (Å²) in [5.41, 5.74) is 3.52. The van der Waals surface area contributed by atoms with E-state index in [0.29, 0.717) is 5.75 Å². The monoisotopic (exact) mass is 354 g/mol. The van der Waals surface area contributed by atoms with Crippen LogP contribution in [0.4, 0.5) is 4.39 Å². The molecule has 0 aliphatic carbocycles. The van der Waals surface area contributed by atoms with Crippen molar-refractivity contribution in [1.29, 1.82) is 0 Å². The van der Waals surface area contributed by atoms with Gasteiger partial charge in [0.25, 0.3) is 0 Å². The second-order valence-corrected chi connectivity index (χ2v) is 6.68. The lowest BCUT2D eigenvalue weighted by atomic mass is 10.1. The Kier molecular flexibility index (Phi) is 6.29. The fourth-order valence-corrected chi connectivity index (χ4v) is 3.48. The van der Waals surface area contributed by atoms with E-state index in [1.165, 1.54) is 25.2 Å². The normalized spacial score (nSPS) is 11.2. The molecule has 0 atom stereocenters. The molecule has 138 valence electrons. The maximum absolute atomic E-state index is 14.0. The van der Waals surface area contributed by atoms with E-state index in [0.717, 1.165) is 48.8 Å². The number of fused-ring (bicyclic) bond motifs is 1. The first-order chi connectivity index (χ1) is 12.7. The minimum Gasteiger partial charge on any atom is -0.493 e. The van der Waals surface area contributed by atoms with Gasteiger partial charge in [0.05, 0.1) is 12.6 Å². The zero-order valence-electron chi connectivity index (χ0n) is 15.6. The van der Waals surface area contributed by atoms with Crippen LogP contribution in [0.3, 0.4) is 0 Å². The highest BCUT2D eigenvalue weighted by atomic mass is 19.1. The molecule has 26 heavy (non-hydrogen) atoms. The van der Waals surface area contributed by atoms with Crippen LogP contribution in [0.2, 0.25) is 0 Å². The standard InChI is InChI=1S/C22H27FN2O/c1-25-16-18(21-20(25)12-11-19(23)22(21)26-2)13-15-24-14-7-6-10-17-8-4-3-5-9-17/h3-5,8-9,11-12,16,24H,6-7,10,13-15H2,1-2H3. The number of nitrogens with zero attached hydrogens (tertiary/aromatic N) is 1. The van der Waals surface area contributed by atoms with Gasteiger partial charge in [-0.05, 0) is 62.0 Å². The van der Waals surface area contributed by atoms with Crippen LogP contribution in [0.5, 0.6) is 5.75 Å². The molecule has 0 saturated carbocycles. The lowest BCUT2D eigenvalue weighted by Crippen LogP contribution is -2.18. The molecule has 2 aromatic carbocycles. The summed E-state index contributed by atoms with van der Waals surface area (Å²) < 4.78 is 21.4. The smallest absolute Gasteiger partial charge is 0.165 e. The molecule has 4 heteroatoms. The number of aryl methyl sites for hydroxylation is 2. The van der Waals surface area contributed by atoms with Crippen LogP contribution in [0.25, 0.3) is 10.9 Å². The molecular weight excluding hydrogens is 327 g/mol. The lowest BCUT2D eigenvalue weighted by Gasteiger charge is -2.07. The molecule has 0 saturated heterocycles. The average molecular weight is 354 g/mol. The van der Waals surface area contributed by atoms with Gasteiger partial charge in [-0.15, -0.1) is 0 Å². The molecule has 0 aliphatic rings. The van der Waals surface area contributed by atoms with Gasteiger partial charge in [0.1, 0.15) is 0 Å². The third-order valence-corrected chi connectivity index (χ3v) is 4.83. The molecule has 1 N–H and O–H groups in total. The summed E-state index contributed by atoms with van der Waals surface area (Å²) in [5.74, 6) is 0.0438. The van der Waals surface area contributed by atoms with Gasteiger partial charge in [-0.25, -0.2) is 4.39 Å². The van der Waals surface area contributed by atoms with E-state index in [1.54, 1.807) is 0 Å². The molecule has 3 aromatic rings. The summed E-state index contributed by atoms with van der Waals surface area (Å²) in [7, 11) is 3.51. The van der Waals surface area contributed by atoms with E-state index >= 15 is 0 Å². The molecule has 0 unspecified atom stereocenters. The zero-order valence-corrected chi connectivity index (χ0v) is 15.6. The van der Waals surface area contributed by atoms with Crippen molar-refractivity contribution >= 4 is 10.9 Å². The highest BCUT2D eigenvalue weighted by Gasteiger charge is 2.15. The van der Waals surface area contributed by atoms with Crippen LogP contribution in [-0.2, 0) is 19.9 Å². The van der Waals surface area contributed by atoms with Crippen LogP contribution in [0, 0.1) is 5.82 Å². The minimum absolute atomic E-state index is 0.304. The van der Waals surface area contributed by atoms with Gasteiger partial charge >= 0.3 is 0 Å². The molecule has 3 nitrogen and oxygen atoms in total. The second-order valence-electron chi connectivity index (χ2n) is 6.68. The third kappa shape index (κ3) is 4.25. The number of unbranched alkanes of at least 4 members (excludes halogenated alkanes) is 1. The largest absolute Gasteiger partial charge is 0.493 e. The van der Waals surface area contributed by atoms with Crippen molar-refractivity contribution in [2.24, 2.45) is 7.05 Å². The van der Waals surface area contributed by atoms with Crippen molar-refractivity contribution < 1.29 is 9.13 Å². The van der Waals surface area contributed by atoms with Crippen molar-refractivity contribution in [2.75, 3.05) is 20.2 Å². The molecule has 0 bridgehead atoms. The topological polar surface area (TPSA) is 26.2 Å². The Bertz CT molecular complexity index is 842. The van der Waals surface area contributed by atoms with Crippen LogP contribution in [-0.4, -0.2) is 24.8 Å². The molecule has 1 aromatic heterocycles. The summed E-state index contributed by atoms with van der Waals surface area (Å²) >= 11 is 0. The van der Waals surface area contributed by atoms with Gasteiger partial charge in [0.2, 0.25) is 0 Å². The second kappa shape index (κ2) is 8.86. The van der Waals surface area contributed by atoms with Crippen molar-refractivity contribution in [2.45, 2.75) is 25.7 Å². The van der Waals surface area contributed by atoms with Crippen molar-refractivity contribution in [1.82, 2.24) is 9.88 Å². The highest BCUT2D eigenvalue weighted by molar-refractivity contribution is 5.90. The van der Waals surface area contributed by atoms with E-state index in [2.05, 4.69) is 41.8 Å². The molecule has 0 radical (unpaired) electrons. The number of hydrogen-bond acceptors (Lipinski definition) is 2. The first kappa shape index (κ1) is 18.5. The van der Waals surface area contributed by atoms with Crippen LogP contribution < -0.4 is 10.1 Å². The number of hydrogen-bond donors (Lipinski definition) is 1. The SMILES string of the molecule is COc1c(F)ccc2c1c(CCNCCCCc1ccccc1)cn2C. The number of ether oxygens (including phenoxy) is 1. The van der Waals surface area contributed by atoms with Gasteiger partial charge in [0, 0.05) is 18.6 Å². The number of aromatic nitrogens is 1. The Labute approximate surface area is 154 Å². The first-order valence-electron chi connectivity index (χ1n) is 9.25. The maximum Gasteiger partial charge on any atom is 0.165 e. The molecule has 0 aliphatic heterocycles. The van der Waals surface area contributed by atoms with E-state index in [4.69, 9.17) is 4.74 Å². The highest BCUT2D eigenvalue weighted by Crippen LogP contribution is 2.32. The molecular formula is C22H27FN2O. The van der Waals surface area contributed by atoms with E-state index in [-0.39, 0.29) is 5.82 Å². The van der Waals surface area contributed by atoms with E-state index in [1.807, 2.05) is 17.7 Å². The predicted molar refractivity (Wildman–Crippen MR) is 105 cm³/mol. The fourth-order valence-electron chi connectivity index (χ4n) is 3.48. The van der Waals surface area contributed by atoms with E-state index < -0.39 is 0 Å². The zero-order chi connectivity index (χ0) is 18.4. The number of nitrogens with one attached hydrogen (secondary N) is 1. The summed E-state index contributed by atoms with van der Waals surface area (Å²) in [5, 5.41) is 4.39. The van der Waals surface area contributed by atoms with Crippen molar-refractivity contribution in [3.63, 3.8) is 0 Å². The summed E-state index contributed by atoms with van der Waals surface area (Å²) in [6.45, 7) is 1.88. The molecule has 0 amide bonds. The van der Waals surface area contributed by atoms with Gasteiger partial charge in [-0.3, -0.25) is 0 Å². The molecule has 0 spiro atoms. The quantitative estimate of drug-likeness (QED) is 0.573. The molecule has 1 heterocycles. The number of benzene rings is 2. The van der Waals surface area contributed by atoms with Crippen molar-refractivity contribution in [3.05, 3.63) is 65.6 Å². The Morgan fingerprint density at radius 3 is 2.58 bits per heavy atom. The number of methoxy groups -OCH3 is 1. The predicted octanol–water partition coefficient (Wildman–Crippen LogP) is 4.48. The number of rotatable bonds is 9. The summed E-state index contributed by atoms with van der Waals surface area (Å²) in [6.07, 6.45) is 6.40. The maximum atomic E-state index is 14.0. The van der Waals surface area contributed by atoms with Gasteiger partial charge in [-0.1, -0.05) is 30.3 Å². The lowest BCUT2D eigenvalue weighted by molar-refractivity contribution is 0.391. The summed E-state index contributed by atoms with van der Waals surface area (Å²) in [4.78, 5) is 0. The Morgan fingerprint density at radius 1 is 1.00 bits per heavy atom. The van der Waals surface area contributed by atoms with Gasteiger partial charge in [-0.2, -0.15) is 0 Å². The van der Waals surface area contributed by atoms with Crippen molar-refractivity contribution in [3.8, 4) is 5.75 Å². The minimum atomic E-state index is -0.304. The first-order valence-corrected chi connectivity index (χ1v) is 9.25. The Morgan fingerprint density at radius 2 is 1.81 bits per heavy atom. The van der Waals surface area contributed by atoms with E-state index in [9.17, 15) is 4.39 Å². The third-order valence-electron chi connectivity index (χ3n) is 4.83. The van der Waals surface area contributed by atoms with Crippen LogP contribution >= 0.6 is 0 Å². The Hall–Kier alpha value is -2.33. The molecule has 0 fully saturated rings. The van der Waals surface area contributed by atoms with Gasteiger partial charge in [0.15, 0.2) is 11.6 Å². The summed E-state index contributed by atoms with van der Waals surface area (Å²) in [6, 6.07) is 13.9.